The third-order valence-corrected chi connectivity index (χ3v) is 7.12. The number of nitrogens with zero attached hydrogens (tertiary/aromatic N) is 2. The molecule has 170 valence electrons. The summed E-state index contributed by atoms with van der Waals surface area (Å²) in [4.78, 5) is 30.2. The third-order valence-electron chi connectivity index (χ3n) is 7.12. The first-order valence-electron chi connectivity index (χ1n) is 12.1. The maximum atomic E-state index is 13.3. The molecule has 3 aromatic carbocycles. The van der Waals surface area contributed by atoms with Crippen LogP contribution in [0.4, 0.5) is 10.5 Å². The molecule has 5 nitrogen and oxygen atoms in total. The summed E-state index contributed by atoms with van der Waals surface area (Å²) in [6.07, 6.45) is 4.73. The highest BCUT2D eigenvalue weighted by atomic mass is 16.2. The first-order chi connectivity index (χ1) is 16.2. The Hall–Kier alpha value is -3.34. The summed E-state index contributed by atoms with van der Waals surface area (Å²) in [5.74, 6) is 0.726. The van der Waals surface area contributed by atoms with E-state index in [1.54, 1.807) is 4.90 Å². The molecule has 0 saturated carbocycles. The van der Waals surface area contributed by atoms with E-state index in [2.05, 4.69) is 35.6 Å². The summed E-state index contributed by atoms with van der Waals surface area (Å²) in [5.41, 5.74) is 2.16. The van der Waals surface area contributed by atoms with Crippen LogP contribution in [0.3, 0.4) is 0 Å². The Labute approximate surface area is 195 Å². The van der Waals surface area contributed by atoms with Crippen LogP contribution in [0.25, 0.3) is 10.8 Å². The molecule has 3 aromatic rings. The first kappa shape index (κ1) is 21.5. The van der Waals surface area contributed by atoms with Gasteiger partial charge in [-0.25, -0.2) is 4.79 Å². The monoisotopic (exact) mass is 441 g/mol. The summed E-state index contributed by atoms with van der Waals surface area (Å²) >= 11 is 0. The van der Waals surface area contributed by atoms with E-state index in [-0.39, 0.29) is 18.0 Å². The minimum atomic E-state index is -0.356. The minimum Gasteiger partial charge on any atom is -0.341 e. The second kappa shape index (κ2) is 9.65. The lowest BCUT2D eigenvalue weighted by atomic mass is 9.90. The molecule has 2 fully saturated rings. The van der Waals surface area contributed by atoms with Gasteiger partial charge in [-0.3, -0.25) is 4.79 Å². The number of rotatable bonds is 4. The first-order valence-corrected chi connectivity index (χ1v) is 12.1. The number of nitrogens with one attached hydrogen (secondary N) is 1. The molecule has 2 aliphatic rings. The van der Waals surface area contributed by atoms with Crippen LogP contribution in [-0.2, 0) is 11.2 Å². The Morgan fingerprint density at radius 2 is 1.55 bits per heavy atom. The molecule has 3 amide bonds. The van der Waals surface area contributed by atoms with Crippen LogP contribution in [0.5, 0.6) is 0 Å². The lowest BCUT2D eigenvalue weighted by molar-refractivity contribution is -0.136. The van der Waals surface area contributed by atoms with E-state index >= 15 is 0 Å². The van der Waals surface area contributed by atoms with E-state index in [4.69, 9.17) is 0 Å². The zero-order valence-electron chi connectivity index (χ0n) is 19.0. The number of fused-ring (bicyclic) bond motifs is 1. The number of hydrogen-bond acceptors (Lipinski definition) is 2. The molecule has 0 spiro atoms. The van der Waals surface area contributed by atoms with Crippen molar-refractivity contribution in [3.8, 4) is 0 Å². The number of hydrogen-bond donors (Lipinski definition) is 1. The van der Waals surface area contributed by atoms with Gasteiger partial charge in [-0.2, -0.15) is 0 Å². The highest BCUT2D eigenvalue weighted by molar-refractivity contribution is 6.02. The summed E-state index contributed by atoms with van der Waals surface area (Å²) in [6.45, 7) is 2.19. The van der Waals surface area contributed by atoms with Crippen LogP contribution in [-0.4, -0.2) is 47.4 Å². The lowest BCUT2D eigenvalue weighted by Gasteiger charge is -2.35. The molecule has 5 rings (SSSR count). The van der Waals surface area contributed by atoms with E-state index in [0.29, 0.717) is 12.5 Å². The van der Waals surface area contributed by atoms with Crippen LogP contribution < -0.4 is 5.32 Å². The second-order valence-corrected chi connectivity index (χ2v) is 9.27. The van der Waals surface area contributed by atoms with E-state index in [1.807, 2.05) is 47.4 Å². The van der Waals surface area contributed by atoms with Crippen molar-refractivity contribution in [1.82, 2.24) is 9.80 Å². The number of carbonyl (C=O) groups is 2. The van der Waals surface area contributed by atoms with Crippen LogP contribution in [0, 0.1) is 5.92 Å². The van der Waals surface area contributed by atoms with Gasteiger partial charge in [-0.1, -0.05) is 66.7 Å². The quantitative estimate of drug-likeness (QED) is 0.596. The fourth-order valence-electron chi connectivity index (χ4n) is 5.30. The molecule has 2 saturated heterocycles. The number of piperidine rings is 1. The smallest absolute Gasteiger partial charge is 0.322 e. The summed E-state index contributed by atoms with van der Waals surface area (Å²) in [6, 6.07) is 24.0. The second-order valence-electron chi connectivity index (χ2n) is 9.27. The zero-order valence-corrected chi connectivity index (χ0v) is 19.0. The largest absolute Gasteiger partial charge is 0.341 e. The van der Waals surface area contributed by atoms with Gasteiger partial charge in [-0.15, -0.1) is 0 Å². The molecule has 1 N–H and O–H groups in total. The molecule has 1 unspecified atom stereocenters. The predicted octanol–water partition coefficient (Wildman–Crippen LogP) is 5.32. The van der Waals surface area contributed by atoms with Crippen molar-refractivity contribution in [2.24, 2.45) is 5.92 Å². The molecule has 0 bridgehead atoms. The topological polar surface area (TPSA) is 52.7 Å². The van der Waals surface area contributed by atoms with E-state index in [9.17, 15) is 9.59 Å². The summed E-state index contributed by atoms with van der Waals surface area (Å²) in [5, 5.41) is 5.16. The van der Waals surface area contributed by atoms with Crippen molar-refractivity contribution in [3.05, 3.63) is 78.4 Å². The molecule has 0 radical (unpaired) electrons. The Morgan fingerprint density at radius 3 is 2.36 bits per heavy atom. The van der Waals surface area contributed by atoms with Crippen molar-refractivity contribution in [3.63, 3.8) is 0 Å². The van der Waals surface area contributed by atoms with Crippen LogP contribution in [0.15, 0.2) is 72.8 Å². The van der Waals surface area contributed by atoms with Crippen molar-refractivity contribution < 1.29 is 9.59 Å². The SMILES string of the molecule is O=C(C1CCCN1C(=O)Nc1cccc2ccccc12)N1CCC(Cc2ccccc2)CC1. The minimum absolute atomic E-state index is 0.110. The molecule has 5 heteroatoms. The fraction of sp³-hybridized carbons (Fsp3) is 0.357. The highest BCUT2D eigenvalue weighted by Gasteiger charge is 2.37. The van der Waals surface area contributed by atoms with Crippen molar-refractivity contribution in [2.45, 2.75) is 38.1 Å². The van der Waals surface area contributed by atoms with Gasteiger partial charge in [0.05, 0.1) is 5.69 Å². The van der Waals surface area contributed by atoms with Crippen LogP contribution in [0.2, 0.25) is 0 Å². The third kappa shape index (κ3) is 4.72. The lowest BCUT2D eigenvalue weighted by Crippen LogP contribution is -2.51. The van der Waals surface area contributed by atoms with E-state index in [0.717, 1.165) is 61.7 Å². The fourth-order valence-corrected chi connectivity index (χ4v) is 5.30. The standard InChI is InChI=1S/C28H31N3O2/c32-27(30-18-15-22(16-19-30)20-21-8-2-1-3-9-21)26-14-7-17-31(26)28(33)29-25-13-6-11-23-10-4-5-12-24(23)25/h1-6,8-13,22,26H,7,14-20H2,(H,29,33). The van der Waals surface area contributed by atoms with Gasteiger partial charge in [0.1, 0.15) is 6.04 Å². The molecule has 2 heterocycles. The average molecular weight is 442 g/mol. The van der Waals surface area contributed by atoms with Gasteiger partial charge < -0.3 is 15.1 Å². The zero-order chi connectivity index (χ0) is 22.6. The van der Waals surface area contributed by atoms with Gasteiger partial charge in [0.15, 0.2) is 0 Å². The van der Waals surface area contributed by atoms with Gasteiger partial charge in [0.25, 0.3) is 0 Å². The van der Waals surface area contributed by atoms with Gasteiger partial charge >= 0.3 is 6.03 Å². The number of anilines is 1. The van der Waals surface area contributed by atoms with Crippen molar-refractivity contribution in [1.29, 1.82) is 0 Å². The maximum Gasteiger partial charge on any atom is 0.322 e. The molecule has 0 aromatic heterocycles. The number of likely N-dealkylation sites (tertiary alicyclic amines) is 2. The molecular weight excluding hydrogens is 410 g/mol. The molecular formula is C28H31N3O2. The molecule has 1 atom stereocenters. The Bertz CT molecular complexity index is 1120. The van der Waals surface area contributed by atoms with E-state index < -0.39 is 0 Å². The number of carbonyl (C=O) groups excluding carboxylic acids is 2. The molecule has 0 aliphatic carbocycles. The van der Waals surface area contributed by atoms with Crippen molar-refractivity contribution >= 4 is 28.4 Å². The molecule has 33 heavy (non-hydrogen) atoms. The summed E-state index contributed by atoms with van der Waals surface area (Å²) < 4.78 is 0. The van der Waals surface area contributed by atoms with Crippen LogP contribution >= 0.6 is 0 Å². The Kier molecular flexibility index (Phi) is 6.29. The van der Waals surface area contributed by atoms with Crippen molar-refractivity contribution in [2.75, 3.05) is 25.0 Å². The number of amides is 3. The normalized spacial score (nSPS) is 19.1. The average Bonchev–Trinajstić information content (AvgIpc) is 3.35. The van der Waals surface area contributed by atoms with Gasteiger partial charge in [-0.05, 0) is 55.0 Å². The summed E-state index contributed by atoms with van der Waals surface area (Å²) in [7, 11) is 0. The van der Waals surface area contributed by atoms with E-state index in [1.165, 1.54) is 5.56 Å². The Morgan fingerprint density at radius 1 is 0.818 bits per heavy atom. The highest BCUT2D eigenvalue weighted by Crippen LogP contribution is 2.27. The Balaban J connectivity index is 1.20. The molecule has 2 aliphatic heterocycles. The number of benzene rings is 3. The predicted molar refractivity (Wildman–Crippen MR) is 132 cm³/mol. The number of urea groups is 1. The van der Waals surface area contributed by atoms with Gasteiger partial charge in [0, 0.05) is 25.0 Å². The maximum absolute atomic E-state index is 13.3. The van der Waals surface area contributed by atoms with Crippen LogP contribution in [0.1, 0.15) is 31.2 Å². The van der Waals surface area contributed by atoms with Gasteiger partial charge in [0.2, 0.25) is 5.91 Å².